The zero-order valence-electron chi connectivity index (χ0n) is 14.4. The molecule has 1 unspecified atom stereocenters. The first kappa shape index (κ1) is 16.4. The number of hydrogen-bond acceptors (Lipinski definition) is 3. The third-order valence-electron chi connectivity index (χ3n) is 5.23. The van der Waals surface area contributed by atoms with Crippen LogP contribution in [0.1, 0.15) is 36.8 Å². The molecule has 4 rings (SSSR count). The SMILES string of the molecule is O=C(NCC1CCCO1)Nc1ccc2c(c1)CN(C(=O)C1CC1)CC2. The van der Waals surface area contributed by atoms with Crippen molar-refractivity contribution in [2.45, 2.75) is 44.8 Å². The molecule has 1 saturated carbocycles. The van der Waals surface area contributed by atoms with Crippen molar-refractivity contribution in [3.8, 4) is 0 Å². The van der Waals surface area contributed by atoms with Crippen LogP contribution in [0.4, 0.5) is 10.5 Å². The van der Waals surface area contributed by atoms with Crippen molar-refractivity contribution >= 4 is 17.6 Å². The number of benzene rings is 1. The molecule has 0 aromatic heterocycles. The van der Waals surface area contributed by atoms with E-state index in [1.807, 2.05) is 17.0 Å². The number of carbonyl (C=O) groups is 2. The Labute approximate surface area is 147 Å². The first-order chi connectivity index (χ1) is 12.2. The summed E-state index contributed by atoms with van der Waals surface area (Å²) in [5.41, 5.74) is 3.17. The molecule has 1 aromatic rings. The summed E-state index contributed by atoms with van der Waals surface area (Å²) in [5, 5.41) is 5.75. The Hall–Kier alpha value is -2.08. The Morgan fingerprint density at radius 2 is 2.08 bits per heavy atom. The quantitative estimate of drug-likeness (QED) is 0.881. The molecule has 2 fully saturated rings. The van der Waals surface area contributed by atoms with E-state index in [4.69, 9.17) is 4.74 Å². The van der Waals surface area contributed by atoms with E-state index in [0.29, 0.717) is 19.0 Å². The summed E-state index contributed by atoms with van der Waals surface area (Å²) < 4.78 is 5.51. The van der Waals surface area contributed by atoms with Crippen LogP contribution in [0.5, 0.6) is 0 Å². The van der Waals surface area contributed by atoms with Crippen molar-refractivity contribution in [3.05, 3.63) is 29.3 Å². The predicted molar refractivity (Wildman–Crippen MR) is 94.3 cm³/mol. The highest BCUT2D eigenvalue weighted by molar-refractivity contribution is 5.89. The largest absolute Gasteiger partial charge is 0.376 e. The van der Waals surface area contributed by atoms with Crippen molar-refractivity contribution in [1.82, 2.24) is 10.2 Å². The topological polar surface area (TPSA) is 70.7 Å². The first-order valence-electron chi connectivity index (χ1n) is 9.26. The lowest BCUT2D eigenvalue weighted by Gasteiger charge is -2.29. The van der Waals surface area contributed by atoms with Gasteiger partial charge in [-0.15, -0.1) is 0 Å². The van der Waals surface area contributed by atoms with Crippen molar-refractivity contribution in [1.29, 1.82) is 0 Å². The fourth-order valence-electron chi connectivity index (χ4n) is 3.60. The van der Waals surface area contributed by atoms with Gasteiger partial charge in [0.2, 0.25) is 5.91 Å². The average molecular weight is 343 g/mol. The maximum absolute atomic E-state index is 12.3. The summed E-state index contributed by atoms with van der Waals surface area (Å²) in [4.78, 5) is 26.3. The molecule has 0 bridgehead atoms. The molecule has 6 nitrogen and oxygen atoms in total. The molecular formula is C19H25N3O3. The van der Waals surface area contributed by atoms with Crippen LogP contribution in [0.2, 0.25) is 0 Å². The third kappa shape index (κ3) is 3.95. The van der Waals surface area contributed by atoms with Crippen molar-refractivity contribution in [2.24, 2.45) is 5.92 Å². The van der Waals surface area contributed by atoms with Gasteiger partial charge in [0.1, 0.15) is 0 Å². The number of carbonyl (C=O) groups excluding carboxylic acids is 2. The van der Waals surface area contributed by atoms with Crippen LogP contribution in [0.3, 0.4) is 0 Å². The molecular weight excluding hydrogens is 318 g/mol. The Bertz CT molecular complexity index is 666. The standard InChI is InChI=1S/C19H25N3O3/c23-18(14-3-4-14)22-8-7-13-5-6-16(10-15(13)12-22)21-19(24)20-11-17-2-1-9-25-17/h5-6,10,14,17H,1-4,7-9,11-12H2,(H2,20,21,24). The van der Waals surface area contributed by atoms with Gasteiger partial charge >= 0.3 is 6.03 Å². The molecule has 25 heavy (non-hydrogen) atoms. The number of ether oxygens (including phenoxy) is 1. The molecule has 1 aromatic carbocycles. The fourth-order valence-corrected chi connectivity index (χ4v) is 3.60. The van der Waals surface area contributed by atoms with Gasteiger partial charge in [-0.1, -0.05) is 6.07 Å². The van der Waals surface area contributed by atoms with Crippen molar-refractivity contribution in [2.75, 3.05) is 25.0 Å². The number of anilines is 1. The molecule has 1 saturated heterocycles. The summed E-state index contributed by atoms with van der Waals surface area (Å²) in [6.45, 7) is 2.78. The van der Waals surface area contributed by atoms with E-state index in [1.165, 1.54) is 5.56 Å². The van der Waals surface area contributed by atoms with Gasteiger partial charge in [-0.25, -0.2) is 4.79 Å². The summed E-state index contributed by atoms with van der Waals surface area (Å²) >= 11 is 0. The maximum atomic E-state index is 12.3. The van der Waals surface area contributed by atoms with E-state index in [9.17, 15) is 9.59 Å². The molecule has 2 aliphatic heterocycles. The van der Waals surface area contributed by atoms with Gasteiger partial charge in [0, 0.05) is 37.8 Å². The van der Waals surface area contributed by atoms with Gasteiger partial charge in [0.15, 0.2) is 0 Å². The molecule has 6 heteroatoms. The smallest absolute Gasteiger partial charge is 0.319 e. The van der Waals surface area contributed by atoms with Gasteiger partial charge < -0.3 is 20.3 Å². The predicted octanol–water partition coefficient (Wildman–Crippen LogP) is 2.28. The zero-order chi connectivity index (χ0) is 17.2. The van der Waals surface area contributed by atoms with E-state index < -0.39 is 0 Å². The number of rotatable bonds is 4. The van der Waals surface area contributed by atoms with Crippen LogP contribution in [0.25, 0.3) is 0 Å². The fraction of sp³-hybridized carbons (Fsp3) is 0.579. The zero-order valence-corrected chi connectivity index (χ0v) is 14.4. The van der Waals surface area contributed by atoms with E-state index >= 15 is 0 Å². The highest BCUT2D eigenvalue weighted by Crippen LogP contribution is 2.33. The van der Waals surface area contributed by atoms with Crippen LogP contribution in [0, 0.1) is 5.92 Å². The summed E-state index contributed by atoms with van der Waals surface area (Å²) in [7, 11) is 0. The minimum Gasteiger partial charge on any atom is -0.376 e. The molecule has 1 aliphatic carbocycles. The molecule has 2 heterocycles. The van der Waals surface area contributed by atoms with E-state index in [2.05, 4.69) is 16.7 Å². The molecule has 3 amide bonds. The van der Waals surface area contributed by atoms with Crippen LogP contribution >= 0.6 is 0 Å². The molecule has 2 N–H and O–H groups in total. The lowest BCUT2D eigenvalue weighted by molar-refractivity contribution is -0.133. The molecule has 134 valence electrons. The number of urea groups is 1. The first-order valence-corrected chi connectivity index (χ1v) is 9.26. The second-order valence-corrected chi connectivity index (χ2v) is 7.24. The summed E-state index contributed by atoms with van der Waals surface area (Å²) in [6.07, 6.45) is 5.16. The van der Waals surface area contributed by atoms with E-state index in [1.54, 1.807) is 0 Å². The van der Waals surface area contributed by atoms with Crippen LogP contribution < -0.4 is 10.6 Å². The summed E-state index contributed by atoms with van der Waals surface area (Å²) in [6, 6.07) is 5.78. The van der Waals surface area contributed by atoms with Crippen molar-refractivity contribution < 1.29 is 14.3 Å². The highest BCUT2D eigenvalue weighted by atomic mass is 16.5. The van der Waals surface area contributed by atoms with Crippen LogP contribution in [0.15, 0.2) is 18.2 Å². The van der Waals surface area contributed by atoms with Gasteiger partial charge in [0.05, 0.1) is 6.10 Å². The van der Waals surface area contributed by atoms with Crippen LogP contribution in [-0.2, 0) is 22.5 Å². The number of amides is 3. The second kappa shape index (κ2) is 7.04. The molecule has 3 aliphatic rings. The third-order valence-corrected chi connectivity index (χ3v) is 5.23. The van der Waals surface area contributed by atoms with Gasteiger partial charge in [-0.2, -0.15) is 0 Å². The Morgan fingerprint density at radius 1 is 1.20 bits per heavy atom. The van der Waals surface area contributed by atoms with E-state index in [-0.39, 0.29) is 18.1 Å². The minimum absolute atomic E-state index is 0.135. The Morgan fingerprint density at radius 3 is 2.84 bits per heavy atom. The van der Waals surface area contributed by atoms with Gasteiger partial charge in [-0.3, -0.25) is 4.79 Å². The number of fused-ring (bicyclic) bond motifs is 1. The molecule has 0 radical (unpaired) electrons. The van der Waals surface area contributed by atoms with Gasteiger partial charge in [-0.05, 0) is 55.4 Å². The Balaban J connectivity index is 1.34. The highest BCUT2D eigenvalue weighted by Gasteiger charge is 2.34. The number of nitrogens with one attached hydrogen (secondary N) is 2. The van der Waals surface area contributed by atoms with Crippen molar-refractivity contribution in [3.63, 3.8) is 0 Å². The second-order valence-electron chi connectivity index (χ2n) is 7.24. The molecule has 1 atom stereocenters. The number of nitrogens with zero attached hydrogens (tertiary/aromatic N) is 1. The molecule has 0 spiro atoms. The maximum Gasteiger partial charge on any atom is 0.319 e. The summed E-state index contributed by atoms with van der Waals surface area (Å²) in [5.74, 6) is 0.546. The van der Waals surface area contributed by atoms with Crippen LogP contribution in [-0.4, -0.2) is 42.6 Å². The lowest BCUT2D eigenvalue weighted by Crippen LogP contribution is -2.37. The lowest BCUT2D eigenvalue weighted by atomic mass is 9.98. The van der Waals surface area contributed by atoms with Gasteiger partial charge in [0.25, 0.3) is 0 Å². The number of hydrogen-bond donors (Lipinski definition) is 2. The minimum atomic E-state index is -0.211. The monoisotopic (exact) mass is 343 g/mol. The normalized spacial score (nSPS) is 22.4. The van der Waals surface area contributed by atoms with E-state index in [0.717, 1.165) is 56.5 Å². The average Bonchev–Trinajstić information content (AvgIpc) is 3.34. The Kier molecular flexibility index (Phi) is 4.61.